The number of esters is 2. The number of benzene rings is 2. The second kappa shape index (κ2) is 8.84. The molecule has 0 spiro atoms. The Morgan fingerprint density at radius 1 is 0.889 bits per heavy atom. The van der Waals surface area contributed by atoms with Gasteiger partial charge in [-0.3, -0.25) is 4.79 Å². The van der Waals surface area contributed by atoms with Crippen LogP contribution in [-0.2, 0) is 14.3 Å². The van der Waals surface area contributed by atoms with E-state index in [4.69, 9.17) is 9.47 Å². The Morgan fingerprint density at radius 3 is 2.15 bits per heavy atom. The molecule has 2 rings (SSSR count). The van der Waals surface area contributed by atoms with Crippen molar-refractivity contribution < 1.29 is 28.6 Å². The Balaban J connectivity index is 2.00. The van der Waals surface area contributed by atoms with Gasteiger partial charge in [0.25, 0.3) is 5.91 Å². The quantitative estimate of drug-likeness (QED) is 0.785. The fourth-order valence-corrected chi connectivity index (χ4v) is 2.35. The Hall–Kier alpha value is -3.35. The minimum absolute atomic E-state index is 0.286. The molecule has 27 heavy (non-hydrogen) atoms. The highest BCUT2D eigenvalue weighted by molar-refractivity contribution is 5.97. The predicted octanol–water partition coefficient (Wildman–Crippen LogP) is 2.89. The van der Waals surface area contributed by atoms with Crippen LogP contribution in [0.25, 0.3) is 0 Å². The molecule has 0 saturated heterocycles. The van der Waals surface area contributed by atoms with Gasteiger partial charge in [-0.05, 0) is 49.2 Å². The van der Waals surface area contributed by atoms with Crippen LogP contribution in [-0.4, -0.2) is 38.7 Å². The molecule has 2 aromatic carbocycles. The molecule has 0 heterocycles. The Morgan fingerprint density at radius 2 is 1.52 bits per heavy atom. The predicted molar refractivity (Wildman–Crippen MR) is 99.2 cm³/mol. The van der Waals surface area contributed by atoms with Crippen LogP contribution in [0.4, 0.5) is 5.69 Å². The molecule has 0 bridgehead atoms. The molecule has 0 aromatic heterocycles. The average molecular weight is 371 g/mol. The first-order chi connectivity index (χ1) is 12.8. The molecule has 0 saturated carbocycles. The van der Waals surface area contributed by atoms with Crippen molar-refractivity contribution in [2.45, 2.75) is 13.8 Å². The number of ether oxygens (including phenoxy) is 3. The number of hydrogen-bond acceptors (Lipinski definition) is 6. The van der Waals surface area contributed by atoms with Gasteiger partial charge in [0, 0.05) is 5.69 Å². The zero-order valence-corrected chi connectivity index (χ0v) is 15.6. The minimum atomic E-state index is -0.636. The zero-order valence-electron chi connectivity index (χ0n) is 15.6. The van der Waals surface area contributed by atoms with Gasteiger partial charge in [0.2, 0.25) is 0 Å². The Labute approximate surface area is 157 Å². The number of rotatable bonds is 6. The minimum Gasteiger partial charge on any atom is -0.496 e. The lowest BCUT2D eigenvalue weighted by Crippen LogP contribution is -2.21. The second-order valence-electron chi connectivity index (χ2n) is 5.83. The number of nitrogens with one attached hydrogen (secondary N) is 1. The number of hydrogen-bond donors (Lipinski definition) is 1. The van der Waals surface area contributed by atoms with E-state index in [0.29, 0.717) is 17.0 Å². The van der Waals surface area contributed by atoms with Crippen molar-refractivity contribution in [2.75, 3.05) is 26.1 Å². The zero-order chi connectivity index (χ0) is 20.0. The molecule has 0 aliphatic carbocycles. The summed E-state index contributed by atoms with van der Waals surface area (Å²) in [6.45, 7) is 3.17. The summed E-state index contributed by atoms with van der Waals surface area (Å²) in [6.07, 6.45) is 0. The van der Waals surface area contributed by atoms with Gasteiger partial charge < -0.3 is 19.5 Å². The third kappa shape index (κ3) is 5.07. The monoisotopic (exact) mass is 371 g/mol. The van der Waals surface area contributed by atoms with Crippen LogP contribution in [0.1, 0.15) is 31.8 Å². The van der Waals surface area contributed by atoms with Crippen LogP contribution in [0.2, 0.25) is 0 Å². The van der Waals surface area contributed by atoms with Crippen LogP contribution in [0.3, 0.4) is 0 Å². The third-order valence-electron chi connectivity index (χ3n) is 3.91. The average Bonchev–Trinajstić information content (AvgIpc) is 2.67. The molecule has 0 unspecified atom stereocenters. The summed E-state index contributed by atoms with van der Waals surface area (Å²) < 4.78 is 14.9. The molecule has 7 nitrogen and oxygen atoms in total. The van der Waals surface area contributed by atoms with E-state index in [1.807, 2.05) is 6.92 Å². The first-order valence-electron chi connectivity index (χ1n) is 8.16. The van der Waals surface area contributed by atoms with Gasteiger partial charge in [-0.2, -0.15) is 0 Å². The standard InChI is InChI=1S/C20H21NO6/c1-12-5-7-14(19(23)26-4)9-16(12)21-18(22)11-27-20(24)15-8-6-13(2)17(10-15)25-3/h5-10H,11H2,1-4H3,(H,21,22). The van der Waals surface area contributed by atoms with Gasteiger partial charge in [0.15, 0.2) is 6.61 Å². The Bertz CT molecular complexity index is 875. The van der Waals surface area contributed by atoms with Crippen molar-refractivity contribution in [3.8, 4) is 5.75 Å². The van der Waals surface area contributed by atoms with E-state index in [1.165, 1.54) is 20.3 Å². The maximum absolute atomic E-state index is 12.1. The number of carbonyl (C=O) groups excluding carboxylic acids is 3. The van der Waals surface area contributed by atoms with E-state index < -0.39 is 24.5 Å². The SMILES string of the molecule is COC(=O)c1ccc(C)c(NC(=O)COC(=O)c2ccc(C)c(OC)c2)c1. The summed E-state index contributed by atoms with van der Waals surface area (Å²) in [6, 6.07) is 9.68. The van der Waals surface area contributed by atoms with Crippen molar-refractivity contribution in [2.24, 2.45) is 0 Å². The number of aryl methyl sites for hydroxylation is 2. The number of anilines is 1. The lowest BCUT2D eigenvalue weighted by molar-refractivity contribution is -0.119. The second-order valence-corrected chi connectivity index (χ2v) is 5.83. The van der Waals surface area contributed by atoms with E-state index >= 15 is 0 Å². The van der Waals surface area contributed by atoms with Gasteiger partial charge in [-0.15, -0.1) is 0 Å². The van der Waals surface area contributed by atoms with E-state index in [0.717, 1.165) is 11.1 Å². The van der Waals surface area contributed by atoms with Crippen molar-refractivity contribution in [3.05, 3.63) is 58.7 Å². The lowest BCUT2D eigenvalue weighted by atomic mass is 10.1. The van der Waals surface area contributed by atoms with Crippen LogP contribution in [0.15, 0.2) is 36.4 Å². The van der Waals surface area contributed by atoms with E-state index in [1.54, 1.807) is 37.3 Å². The molecule has 1 amide bonds. The molecular formula is C20H21NO6. The first-order valence-corrected chi connectivity index (χ1v) is 8.16. The molecule has 7 heteroatoms. The smallest absolute Gasteiger partial charge is 0.338 e. The van der Waals surface area contributed by atoms with Crippen LogP contribution >= 0.6 is 0 Å². The largest absolute Gasteiger partial charge is 0.496 e. The molecule has 1 N–H and O–H groups in total. The van der Waals surface area contributed by atoms with Crippen LogP contribution < -0.4 is 10.1 Å². The van der Waals surface area contributed by atoms with Crippen molar-refractivity contribution in [3.63, 3.8) is 0 Å². The van der Waals surface area contributed by atoms with Crippen LogP contribution in [0, 0.1) is 13.8 Å². The molecule has 0 radical (unpaired) electrons. The molecule has 0 aliphatic heterocycles. The summed E-state index contributed by atoms with van der Waals surface area (Å²) in [5.74, 6) is -1.11. The summed E-state index contributed by atoms with van der Waals surface area (Å²) in [4.78, 5) is 35.8. The van der Waals surface area contributed by atoms with Crippen molar-refractivity contribution >= 4 is 23.5 Å². The summed E-state index contributed by atoms with van der Waals surface area (Å²) in [7, 11) is 2.79. The van der Waals surface area contributed by atoms with Crippen molar-refractivity contribution in [1.82, 2.24) is 0 Å². The number of amides is 1. The Kier molecular flexibility index (Phi) is 6.54. The molecule has 2 aromatic rings. The molecule has 0 fully saturated rings. The topological polar surface area (TPSA) is 90.9 Å². The highest BCUT2D eigenvalue weighted by atomic mass is 16.5. The fourth-order valence-electron chi connectivity index (χ4n) is 2.35. The molecule has 142 valence electrons. The molecule has 0 atom stereocenters. The summed E-state index contributed by atoms with van der Waals surface area (Å²) in [5.41, 5.74) is 2.67. The highest BCUT2D eigenvalue weighted by Gasteiger charge is 2.14. The highest BCUT2D eigenvalue weighted by Crippen LogP contribution is 2.20. The third-order valence-corrected chi connectivity index (χ3v) is 3.91. The summed E-state index contributed by atoms with van der Waals surface area (Å²) in [5, 5.41) is 2.62. The number of carbonyl (C=O) groups is 3. The lowest BCUT2D eigenvalue weighted by Gasteiger charge is -2.11. The fraction of sp³-hybridized carbons (Fsp3) is 0.250. The van der Waals surface area contributed by atoms with Crippen molar-refractivity contribution in [1.29, 1.82) is 0 Å². The van der Waals surface area contributed by atoms with E-state index in [2.05, 4.69) is 10.1 Å². The van der Waals surface area contributed by atoms with Crippen LogP contribution in [0.5, 0.6) is 5.75 Å². The normalized spacial score (nSPS) is 10.1. The molecule has 0 aliphatic rings. The first kappa shape index (κ1) is 20.0. The van der Waals surface area contributed by atoms with Gasteiger partial charge in [0.1, 0.15) is 5.75 Å². The van der Waals surface area contributed by atoms with Gasteiger partial charge in [-0.25, -0.2) is 9.59 Å². The van der Waals surface area contributed by atoms with Gasteiger partial charge in [-0.1, -0.05) is 12.1 Å². The summed E-state index contributed by atoms with van der Waals surface area (Å²) >= 11 is 0. The van der Waals surface area contributed by atoms with E-state index in [-0.39, 0.29) is 5.56 Å². The van der Waals surface area contributed by atoms with Gasteiger partial charge in [0.05, 0.1) is 25.3 Å². The maximum Gasteiger partial charge on any atom is 0.338 e. The van der Waals surface area contributed by atoms with Gasteiger partial charge >= 0.3 is 11.9 Å². The maximum atomic E-state index is 12.1. The molecular weight excluding hydrogens is 350 g/mol. The van der Waals surface area contributed by atoms with E-state index in [9.17, 15) is 14.4 Å². The number of methoxy groups -OCH3 is 2.